The SMILES string of the molecule is C=C(C)CCCCC(O)CCC. The summed E-state index contributed by atoms with van der Waals surface area (Å²) in [6.45, 7) is 8.01. The average Bonchev–Trinajstić information content (AvgIpc) is 1.98. The fourth-order valence-electron chi connectivity index (χ4n) is 1.28. The molecule has 1 nitrogen and oxygen atoms in total. The minimum absolute atomic E-state index is 0.0693. The Hall–Kier alpha value is -0.300. The van der Waals surface area contributed by atoms with Gasteiger partial charge in [0.25, 0.3) is 0 Å². The lowest BCUT2D eigenvalue weighted by Gasteiger charge is -2.08. The summed E-state index contributed by atoms with van der Waals surface area (Å²) in [4.78, 5) is 0. The number of hydrogen-bond acceptors (Lipinski definition) is 1. The Bertz CT molecular complexity index is 118. The molecule has 0 amide bonds. The van der Waals surface area contributed by atoms with Gasteiger partial charge in [-0.3, -0.25) is 0 Å². The van der Waals surface area contributed by atoms with Crippen LogP contribution in [-0.4, -0.2) is 11.2 Å². The molecule has 1 N–H and O–H groups in total. The summed E-state index contributed by atoms with van der Waals surface area (Å²) in [5.41, 5.74) is 1.25. The maximum absolute atomic E-state index is 9.39. The zero-order valence-electron chi connectivity index (χ0n) is 8.47. The molecule has 1 unspecified atom stereocenters. The van der Waals surface area contributed by atoms with Crippen LogP contribution in [0.4, 0.5) is 0 Å². The molecule has 0 aliphatic carbocycles. The van der Waals surface area contributed by atoms with Gasteiger partial charge in [0.2, 0.25) is 0 Å². The highest BCUT2D eigenvalue weighted by Gasteiger charge is 2.01. The Balaban J connectivity index is 3.13. The summed E-state index contributed by atoms with van der Waals surface area (Å²) in [6.07, 6.45) is 6.35. The summed E-state index contributed by atoms with van der Waals surface area (Å²) in [6, 6.07) is 0. The van der Waals surface area contributed by atoms with Gasteiger partial charge in [-0.25, -0.2) is 0 Å². The van der Waals surface area contributed by atoms with Gasteiger partial charge in [-0.15, -0.1) is 6.58 Å². The highest BCUT2D eigenvalue weighted by atomic mass is 16.3. The first-order chi connectivity index (χ1) is 5.66. The summed E-state index contributed by atoms with van der Waals surface area (Å²) in [5.74, 6) is 0. The number of aliphatic hydroxyl groups excluding tert-OH is 1. The second-order valence-electron chi connectivity index (χ2n) is 3.65. The van der Waals surface area contributed by atoms with E-state index >= 15 is 0 Å². The van der Waals surface area contributed by atoms with Crippen molar-refractivity contribution in [3.63, 3.8) is 0 Å². The Kier molecular flexibility index (Phi) is 7.17. The maximum atomic E-state index is 9.39. The van der Waals surface area contributed by atoms with Crippen LogP contribution in [0.25, 0.3) is 0 Å². The number of hydrogen-bond donors (Lipinski definition) is 1. The Labute approximate surface area is 76.5 Å². The number of unbranched alkanes of at least 4 members (excludes halogenated alkanes) is 1. The molecule has 72 valence electrons. The molecule has 0 aromatic heterocycles. The first kappa shape index (κ1) is 11.7. The molecule has 1 heteroatoms. The first-order valence-corrected chi connectivity index (χ1v) is 4.99. The van der Waals surface area contributed by atoms with E-state index in [9.17, 15) is 5.11 Å². The molecule has 12 heavy (non-hydrogen) atoms. The van der Waals surface area contributed by atoms with Crippen molar-refractivity contribution in [3.05, 3.63) is 12.2 Å². The van der Waals surface area contributed by atoms with Crippen LogP contribution in [0.5, 0.6) is 0 Å². The molecule has 0 aromatic rings. The van der Waals surface area contributed by atoms with Crippen LogP contribution in [0.2, 0.25) is 0 Å². The molecule has 0 spiro atoms. The molecule has 0 aliphatic rings. The summed E-state index contributed by atoms with van der Waals surface area (Å²) < 4.78 is 0. The van der Waals surface area contributed by atoms with Crippen molar-refractivity contribution in [1.29, 1.82) is 0 Å². The van der Waals surface area contributed by atoms with Crippen LogP contribution < -0.4 is 0 Å². The molecule has 0 rings (SSSR count). The topological polar surface area (TPSA) is 20.2 Å². The molecule has 1 atom stereocenters. The van der Waals surface area contributed by atoms with Crippen LogP contribution in [0.15, 0.2) is 12.2 Å². The van der Waals surface area contributed by atoms with E-state index in [1.54, 1.807) is 0 Å². The highest BCUT2D eigenvalue weighted by Crippen LogP contribution is 2.10. The zero-order chi connectivity index (χ0) is 9.40. The van der Waals surface area contributed by atoms with Crippen LogP contribution >= 0.6 is 0 Å². The quantitative estimate of drug-likeness (QED) is 0.459. The van der Waals surface area contributed by atoms with Crippen molar-refractivity contribution in [1.82, 2.24) is 0 Å². The van der Waals surface area contributed by atoms with E-state index in [-0.39, 0.29) is 6.10 Å². The van der Waals surface area contributed by atoms with E-state index < -0.39 is 0 Å². The van der Waals surface area contributed by atoms with Gasteiger partial charge in [-0.1, -0.05) is 25.3 Å². The van der Waals surface area contributed by atoms with Gasteiger partial charge in [-0.05, 0) is 32.6 Å². The molecule has 0 aromatic carbocycles. The van der Waals surface area contributed by atoms with E-state index in [2.05, 4.69) is 20.4 Å². The van der Waals surface area contributed by atoms with E-state index in [0.29, 0.717) is 0 Å². The van der Waals surface area contributed by atoms with Crippen LogP contribution in [-0.2, 0) is 0 Å². The van der Waals surface area contributed by atoms with Crippen molar-refractivity contribution >= 4 is 0 Å². The standard InChI is InChI=1S/C11H22O/c1-4-7-11(12)9-6-5-8-10(2)3/h11-12H,2,4-9H2,1,3H3. The van der Waals surface area contributed by atoms with E-state index in [1.807, 2.05) is 0 Å². The van der Waals surface area contributed by atoms with E-state index in [4.69, 9.17) is 0 Å². The lowest BCUT2D eigenvalue weighted by atomic mass is 10.1. The van der Waals surface area contributed by atoms with Gasteiger partial charge < -0.3 is 5.11 Å². The first-order valence-electron chi connectivity index (χ1n) is 4.99. The summed E-state index contributed by atoms with van der Waals surface area (Å²) in [7, 11) is 0. The lowest BCUT2D eigenvalue weighted by molar-refractivity contribution is 0.150. The van der Waals surface area contributed by atoms with Crippen LogP contribution in [0.1, 0.15) is 52.4 Å². The number of aliphatic hydroxyl groups is 1. The average molecular weight is 170 g/mol. The second-order valence-corrected chi connectivity index (χ2v) is 3.65. The molecule has 0 aliphatic heterocycles. The molecule has 0 bridgehead atoms. The van der Waals surface area contributed by atoms with Crippen molar-refractivity contribution in [2.75, 3.05) is 0 Å². The molecule has 0 heterocycles. The van der Waals surface area contributed by atoms with Gasteiger partial charge in [0, 0.05) is 0 Å². The summed E-state index contributed by atoms with van der Waals surface area (Å²) >= 11 is 0. The maximum Gasteiger partial charge on any atom is 0.0540 e. The van der Waals surface area contributed by atoms with Crippen LogP contribution in [0.3, 0.4) is 0 Å². The fourth-order valence-corrected chi connectivity index (χ4v) is 1.28. The van der Waals surface area contributed by atoms with Gasteiger partial charge >= 0.3 is 0 Å². The molecule has 0 fully saturated rings. The molecular weight excluding hydrogens is 148 g/mol. The third kappa shape index (κ3) is 7.80. The normalized spacial score (nSPS) is 12.9. The van der Waals surface area contributed by atoms with E-state index in [0.717, 1.165) is 32.1 Å². The van der Waals surface area contributed by atoms with Crippen molar-refractivity contribution in [2.24, 2.45) is 0 Å². The molecular formula is C11H22O. The molecule has 0 saturated heterocycles. The lowest BCUT2D eigenvalue weighted by Crippen LogP contribution is -2.04. The fraction of sp³-hybridized carbons (Fsp3) is 0.818. The van der Waals surface area contributed by atoms with Crippen molar-refractivity contribution in [2.45, 2.75) is 58.5 Å². The van der Waals surface area contributed by atoms with E-state index in [1.165, 1.54) is 12.0 Å². The minimum Gasteiger partial charge on any atom is -0.393 e. The van der Waals surface area contributed by atoms with Crippen LogP contribution in [0, 0.1) is 0 Å². The Morgan fingerprint density at radius 3 is 2.50 bits per heavy atom. The zero-order valence-corrected chi connectivity index (χ0v) is 8.47. The highest BCUT2D eigenvalue weighted by molar-refractivity contribution is 4.87. The monoisotopic (exact) mass is 170 g/mol. The largest absolute Gasteiger partial charge is 0.393 e. The summed E-state index contributed by atoms with van der Waals surface area (Å²) in [5, 5.41) is 9.39. The number of allylic oxidation sites excluding steroid dienone is 1. The third-order valence-electron chi connectivity index (χ3n) is 2.01. The predicted octanol–water partition coefficient (Wildman–Crippen LogP) is 3.28. The molecule has 0 radical (unpaired) electrons. The van der Waals surface area contributed by atoms with Gasteiger partial charge in [0.1, 0.15) is 0 Å². The van der Waals surface area contributed by atoms with Gasteiger partial charge in [0.15, 0.2) is 0 Å². The number of rotatable bonds is 7. The smallest absolute Gasteiger partial charge is 0.0540 e. The Morgan fingerprint density at radius 1 is 1.33 bits per heavy atom. The van der Waals surface area contributed by atoms with Crippen molar-refractivity contribution < 1.29 is 5.11 Å². The second kappa shape index (κ2) is 7.35. The Morgan fingerprint density at radius 2 is 2.00 bits per heavy atom. The van der Waals surface area contributed by atoms with Gasteiger partial charge in [-0.2, -0.15) is 0 Å². The third-order valence-corrected chi connectivity index (χ3v) is 2.01. The minimum atomic E-state index is -0.0693. The molecule has 0 saturated carbocycles. The van der Waals surface area contributed by atoms with Crippen molar-refractivity contribution in [3.8, 4) is 0 Å². The predicted molar refractivity (Wildman–Crippen MR) is 54.2 cm³/mol. The van der Waals surface area contributed by atoms with Gasteiger partial charge in [0.05, 0.1) is 6.10 Å².